The monoisotopic (exact) mass is 521 g/mol. The molecule has 2 N–H and O–H groups in total. The Hall–Kier alpha value is -4.22. The molecule has 0 aliphatic heterocycles. The summed E-state index contributed by atoms with van der Waals surface area (Å²) in [4.78, 5) is 38.3. The molecule has 0 saturated carbocycles. The number of ketones is 1. The minimum Gasteiger partial charge on any atom is -0.497 e. The van der Waals surface area contributed by atoms with Gasteiger partial charge in [0.05, 0.1) is 25.8 Å². The number of aromatic nitrogens is 2. The number of alkyl halides is 3. The number of rotatable bonds is 11. The van der Waals surface area contributed by atoms with Crippen LogP contribution in [0.1, 0.15) is 24.0 Å². The largest absolute Gasteiger partial charge is 0.573 e. The number of ether oxygens (including phenoxy) is 3. The van der Waals surface area contributed by atoms with Crippen LogP contribution in [-0.4, -0.2) is 35.0 Å². The molecule has 0 bridgehead atoms. The Bertz CT molecular complexity index is 1360. The summed E-state index contributed by atoms with van der Waals surface area (Å²) in [6.07, 6.45) is -4.83. The van der Waals surface area contributed by atoms with Crippen LogP contribution in [0.2, 0.25) is 0 Å². The first-order chi connectivity index (χ1) is 17.5. The number of hydrogen-bond acceptors (Lipinski definition) is 7. The van der Waals surface area contributed by atoms with Crippen LogP contribution in [0.5, 0.6) is 17.2 Å². The van der Waals surface area contributed by atoms with Crippen molar-refractivity contribution in [3.05, 3.63) is 80.5 Å². The first kappa shape index (κ1) is 27.4. The van der Waals surface area contributed by atoms with E-state index in [2.05, 4.69) is 4.74 Å². The summed E-state index contributed by atoms with van der Waals surface area (Å²) in [6, 6.07) is 11.9. The van der Waals surface area contributed by atoms with Gasteiger partial charge < -0.3 is 19.9 Å². The Morgan fingerprint density at radius 2 is 1.70 bits per heavy atom. The lowest BCUT2D eigenvalue weighted by Crippen LogP contribution is -2.42. The molecular weight excluding hydrogens is 495 g/mol. The van der Waals surface area contributed by atoms with Crippen LogP contribution in [0.15, 0.2) is 58.1 Å². The summed E-state index contributed by atoms with van der Waals surface area (Å²) in [5.41, 5.74) is 5.42. The van der Waals surface area contributed by atoms with Crippen LogP contribution < -0.4 is 31.2 Å². The van der Waals surface area contributed by atoms with Crippen molar-refractivity contribution in [3.63, 3.8) is 0 Å². The number of halogens is 3. The second-order valence-electron chi connectivity index (χ2n) is 8.13. The summed E-state index contributed by atoms with van der Waals surface area (Å²) in [7, 11) is 2.94. The molecule has 0 spiro atoms. The highest BCUT2D eigenvalue weighted by Crippen LogP contribution is 2.26. The van der Waals surface area contributed by atoms with Gasteiger partial charge in [0.1, 0.15) is 28.8 Å². The van der Waals surface area contributed by atoms with Gasteiger partial charge in [-0.25, -0.2) is 4.79 Å². The normalized spacial score (nSPS) is 11.3. The van der Waals surface area contributed by atoms with Gasteiger partial charge in [0.25, 0.3) is 5.56 Å². The Morgan fingerprint density at radius 1 is 1.03 bits per heavy atom. The van der Waals surface area contributed by atoms with Crippen molar-refractivity contribution >= 4 is 11.6 Å². The molecule has 12 heteroatoms. The number of methoxy groups -OCH3 is 1. The fourth-order valence-corrected chi connectivity index (χ4v) is 3.57. The molecule has 0 fully saturated rings. The molecule has 3 rings (SSSR count). The number of nitrogens with zero attached hydrogens (tertiary/aromatic N) is 2. The topological polar surface area (TPSA) is 115 Å². The van der Waals surface area contributed by atoms with Crippen molar-refractivity contribution < 1.29 is 32.2 Å². The van der Waals surface area contributed by atoms with Crippen LogP contribution in [-0.2, 0) is 24.8 Å². The zero-order chi connectivity index (χ0) is 27.2. The lowest BCUT2D eigenvalue weighted by atomic mass is 10.1. The number of anilines is 1. The Balaban J connectivity index is 1.63. The lowest BCUT2D eigenvalue weighted by Gasteiger charge is -2.14. The fourth-order valence-electron chi connectivity index (χ4n) is 3.57. The number of nitrogen functional groups attached to an aromatic ring is 1. The maximum atomic E-state index is 13.0. The number of hydrogen-bond donors (Lipinski definition) is 1. The number of Topliss-reactive ketones (excluding diaryl/α,β-unsaturated/α-hetero) is 1. The minimum atomic E-state index is -4.82. The Labute approximate surface area is 209 Å². The minimum absolute atomic E-state index is 0.0120. The van der Waals surface area contributed by atoms with Gasteiger partial charge in [0.2, 0.25) is 0 Å². The van der Waals surface area contributed by atoms with Crippen LogP contribution in [0.25, 0.3) is 0 Å². The van der Waals surface area contributed by atoms with Gasteiger partial charge in [0.15, 0.2) is 0 Å². The molecular formula is C25H26F3N3O6. The third-order valence-electron chi connectivity index (χ3n) is 5.47. The molecule has 0 amide bonds. The zero-order valence-electron chi connectivity index (χ0n) is 20.2. The third kappa shape index (κ3) is 7.38. The Morgan fingerprint density at radius 3 is 2.35 bits per heavy atom. The first-order valence-corrected chi connectivity index (χ1v) is 11.2. The first-order valence-electron chi connectivity index (χ1n) is 11.2. The van der Waals surface area contributed by atoms with E-state index in [9.17, 15) is 27.6 Å². The predicted octanol–water partition coefficient (Wildman–Crippen LogP) is 3.06. The zero-order valence-corrected chi connectivity index (χ0v) is 20.2. The number of nitrogens with two attached hydrogens (primary N) is 1. The van der Waals surface area contributed by atoms with Crippen molar-refractivity contribution in [1.29, 1.82) is 0 Å². The van der Waals surface area contributed by atoms with E-state index in [4.69, 9.17) is 15.2 Å². The lowest BCUT2D eigenvalue weighted by molar-refractivity contribution is -0.274. The molecule has 0 aliphatic rings. The molecule has 1 heterocycles. The standard InChI is InChI=1S/C25H26F3N3O6/c1-30-22(29)21(23(33)31(24(30)34)15-16-8-10-18(35-2)11-9-16)13-17(32)5-4-12-36-19-6-3-7-20(14-19)37-25(26,27)28/h3,6-11,14H,4-5,12-13,15,29H2,1-2H3. The van der Waals surface area contributed by atoms with E-state index < -0.39 is 23.4 Å². The average molecular weight is 521 g/mol. The average Bonchev–Trinajstić information content (AvgIpc) is 2.85. The van der Waals surface area contributed by atoms with Crippen LogP contribution in [0.3, 0.4) is 0 Å². The molecule has 9 nitrogen and oxygen atoms in total. The number of carbonyl (C=O) groups excluding carboxylic acids is 1. The SMILES string of the molecule is COc1ccc(Cn2c(=O)c(CC(=O)CCCOc3cccc(OC(F)(F)F)c3)c(N)n(C)c2=O)cc1. The summed E-state index contributed by atoms with van der Waals surface area (Å²) in [5, 5.41) is 0. The Kier molecular flexibility index (Phi) is 8.64. The number of carbonyl (C=O) groups is 1. The van der Waals surface area contributed by atoms with Gasteiger partial charge in [0, 0.05) is 26.0 Å². The van der Waals surface area contributed by atoms with Crippen molar-refractivity contribution in [2.24, 2.45) is 7.05 Å². The van der Waals surface area contributed by atoms with Gasteiger partial charge in [-0.1, -0.05) is 18.2 Å². The maximum Gasteiger partial charge on any atom is 0.573 e. The second kappa shape index (κ2) is 11.7. The van der Waals surface area contributed by atoms with E-state index in [1.807, 2.05) is 0 Å². The second-order valence-corrected chi connectivity index (χ2v) is 8.13. The molecule has 0 atom stereocenters. The van der Waals surface area contributed by atoms with Gasteiger partial charge in [-0.2, -0.15) is 0 Å². The fraction of sp³-hybridized carbons (Fsp3) is 0.320. The van der Waals surface area contributed by atoms with Gasteiger partial charge in [-0.3, -0.25) is 18.7 Å². The smallest absolute Gasteiger partial charge is 0.497 e. The van der Waals surface area contributed by atoms with Crippen molar-refractivity contribution in [1.82, 2.24) is 9.13 Å². The summed E-state index contributed by atoms with van der Waals surface area (Å²) >= 11 is 0. The van der Waals surface area contributed by atoms with E-state index in [1.54, 1.807) is 24.3 Å². The van der Waals surface area contributed by atoms with Crippen LogP contribution in [0.4, 0.5) is 19.0 Å². The quantitative estimate of drug-likeness (QED) is 0.386. The maximum absolute atomic E-state index is 13.0. The number of benzene rings is 2. The molecule has 1 aromatic heterocycles. The molecule has 0 saturated heterocycles. The van der Waals surface area contributed by atoms with Crippen molar-refractivity contribution in [2.75, 3.05) is 19.5 Å². The van der Waals surface area contributed by atoms with E-state index in [1.165, 1.54) is 26.3 Å². The van der Waals surface area contributed by atoms with Crippen LogP contribution in [0, 0.1) is 0 Å². The molecule has 3 aromatic rings. The highest BCUT2D eigenvalue weighted by Gasteiger charge is 2.31. The van der Waals surface area contributed by atoms with E-state index in [0.717, 1.165) is 21.3 Å². The van der Waals surface area contributed by atoms with E-state index in [0.29, 0.717) is 11.3 Å². The van der Waals surface area contributed by atoms with Gasteiger partial charge >= 0.3 is 12.1 Å². The molecule has 0 aliphatic carbocycles. The van der Waals surface area contributed by atoms with Gasteiger partial charge in [-0.15, -0.1) is 13.2 Å². The van der Waals surface area contributed by atoms with Crippen molar-refractivity contribution in [2.45, 2.75) is 32.2 Å². The van der Waals surface area contributed by atoms with E-state index in [-0.39, 0.29) is 55.3 Å². The molecule has 0 radical (unpaired) electrons. The van der Waals surface area contributed by atoms with E-state index >= 15 is 0 Å². The molecule has 198 valence electrons. The van der Waals surface area contributed by atoms with Crippen molar-refractivity contribution in [3.8, 4) is 17.2 Å². The molecule has 0 unspecified atom stereocenters. The molecule has 37 heavy (non-hydrogen) atoms. The highest BCUT2D eigenvalue weighted by molar-refractivity contribution is 5.81. The summed E-state index contributed by atoms with van der Waals surface area (Å²) < 4.78 is 53.6. The third-order valence-corrected chi connectivity index (χ3v) is 5.47. The highest BCUT2D eigenvalue weighted by atomic mass is 19.4. The van der Waals surface area contributed by atoms with Gasteiger partial charge in [-0.05, 0) is 36.2 Å². The summed E-state index contributed by atoms with van der Waals surface area (Å²) in [6.45, 7) is 0.0353. The summed E-state index contributed by atoms with van der Waals surface area (Å²) in [5.74, 6) is -0.0442. The van der Waals surface area contributed by atoms with Crippen LogP contribution >= 0.6 is 0 Å². The predicted molar refractivity (Wildman–Crippen MR) is 129 cm³/mol. The molecule has 2 aromatic carbocycles.